The molecule has 0 unspecified atom stereocenters. The maximum absolute atomic E-state index is 11.2. The van der Waals surface area contributed by atoms with Gasteiger partial charge in [-0.2, -0.15) is 5.26 Å². The third-order valence-corrected chi connectivity index (χ3v) is 1.99. The van der Waals surface area contributed by atoms with Crippen LogP contribution in [0.1, 0.15) is 26.3 Å². The average molecular weight is 234 g/mol. The van der Waals surface area contributed by atoms with Crippen molar-refractivity contribution in [2.45, 2.75) is 0 Å². The van der Waals surface area contributed by atoms with E-state index in [2.05, 4.69) is 4.74 Å². The normalized spacial score (nSPS) is 9.18. The number of esters is 1. The first kappa shape index (κ1) is 12.3. The third-order valence-electron chi connectivity index (χ3n) is 1.99. The first-order valence-electron chi connectivity index (χ1n) is 4.31. The minimum Gasteiger partial charge on any atom is -0.465 e. The number of carbonyl (C=O) groups excluding carboxylic acids is 2. The van der Waals surface area contributed by atoms with Crippen molar-refractivity contribution in [2.75, 3.05) is 7.11 Å². The van der Waals surface area contributed by atoms with Gasteiger partial charge in [-0.05, 0) is 12.1 Å². The molecule has 0 bridgehead atoms. The fourth-order valence-corrected chi connectivity index (χ4v) is 1.27. The van der Waals surface area contributed by atoms with Gasteiger partial charge in [-0.25, -0.2) is 4.79 Å². The van der Waals surface area contributed by atoms with Gasteiger partial charge in [0, 0.05) is 0 Å². The van der Waals surface area contributed by atoms with Crippen LogP contribution < -0.4 is 0 Å². The predicted molar refractivity (Wildman–Crippen MR) is 54.5 cm³/mol. The molecule has 0 aliphatic rings. The minimum absolute atomic E-state index is 0.0863. The molecule has 0 aliphatic heterocycles. The molecule has 0 aromatic heterocycles. The van der Waals surface area contributed by atoms with Gasteiger partial charge in [-0.1, -0.05) is 0 Å². The van der Waals surface area contributed by atoms with Crippen molar-refractivity contribution in [3.05, 3.63) is 38.9 Å². The van der Waals surface area contributed by atoms with E-state index in [1.807, 2.05) is 0 Å². The van der Waals surface area contributed by atoms with Gasteiger partial charge in [0.1, 0.15) is 11.6 Å². The first-order valence-corrected chi connectivity index (χ1v) is 4.31. The van der Waals surface area contributed by atoms with Crippen LogP contribution in [0.2, 0.25) is 0 Å². The summed E-state index contributed by atoms with van der Waals surface area (Å²) in [4.78, 5) is 31.8. The minimum atomic E-state index is -0.844. The number of ether oxygens (including phenoxy) is 1. The van der Waals surface area contributed by atoms with E-state index in [0.717, 1.165) is 19.2 Å². The summed E-state index contributed by atoms with van der Waals surface area (Å²) in [6.07, 6.45) is 0.214. The highest BCUT2D eigenvalue weighted by atomic mass is 16.6. The molecule has 0 heterocycles. The number of benzene rings is 1. The predicted octanol–water partition coefficient (Wildman–Crippen LogP) is 1.07. The van der Waals surface area contributed by atoms with Crippen molar-refractivity contribution in [1.82, 2.24) is 0 Å². The Morgan fingerprint density at radius 3 is 2.65 bits per heavy atom. The zero-order chi connectivity index (χ0) is 13.0. The number of hydrogen-bond donors (Lipinski definition) is 0. The highest BCUT2D eigenvalue weighted by molar-refractivity contribution is 5.94. The van der Waals surface area contributed by atoms with E-state index >= 15 is 0 Å². The molecule has 1 rings (SSSR count). The van der Waals surface area contributed by atoms with Crippen LogP contribution in [0.3, 0.4) is 0 Å². The fraction of sp³-hybridized carbons (Fsp3) is 0.100. The summed E-state index contributed by atoms with van der Waals surface area (Å²) < 4.78 is 4.40. The van der Waals surface area contributed by atoms with Crippen LogP contribution in [0.15, 0.2) is 12.1 Å². The smallest absolute Gasteiger partial charge is 0.337 e. The summed E-state index contributed by atoms with van der Waals surface area (Å²) in [5.41, 5.74) is -1.40. The van der Waals surface area contributed by atoms with Crippen LogP contribution in [0, 0.1) is 21.4 Å². The summed E-state index contributed by atoms with van der Waals surface area (Å²) >= 11 is 0. The molecule has 17 heavy (non-hydrogen) atoms. The molecule has 1 aromatic rings. The number of aldehydes is 1. The van der Waals surface area contributed by atoms with Crippen molar-refractivity contribution < 1.29 is 19.2 Å². The van der Waals surface area contributed by atoms with E-state index in [4.69, 9.17) is 5.26 Å². The van der Waals surface area contributed by atoms with Crippen LogP contribution in [-0.2, 0) is 4.74 Å². The van der Waals surface area contributed by atoms with Crippen molar-refractivity contribution >= 4 is 17.9 Å². The summed E-state index contributed by atoms with van der Waals surface area (Å²) in [7, 11) is 1.12. The maximum atomic E-state index is 11.2. The van der Waals surface area contributed by atoms with Gasteiger partial charge in [0.2, 0.25) is 0 Å². The number of methoxy groups -OCH3 is 1. The number of nitro benzene ring substituents is 1. The molecule has 0 radical (unpaired) electrons. The van der Waals surface area contributed by atoms with E-state index in [-0.39, 0.29) is 23.0 Å². The van der Waals surface area contributed by atoms with E-state index in [1.54, 1.807) is 6.07 Å². The van der Waals surface area contributed by atoms with E-state index in [0.29, 0.717) is 0 Å². The van der Waals surface area contributed by atoms with Gasteiger partial charge in [0.25, 0.3) is 5.69 Å². The molecule has 0 saturated heterocycles. The number of hydrogen-bond acceptors (Lipinski definition) is 6. The molecule has 1 aromatic carbocycles. The Kier molecular flexibility index (Phi) is 3.51. The molecule has 86 valence electrons. The summed E-state index contributed by atoms with van der Waals surface area (Å²) in [5, 5.41) is 19.4. The van der Waals surface area contributed by atoms with Crippen LogP contribution >= 0.6 is 0 Å². The molecule has 0 fully saturated rings. The maximum Gasteiger partial charge on any atom is 0.337 e. The van der Waals surface area contributed by atoms with E-state index in [1.165, 1.54) is 0 Å². The van der Waals surface area contributed by atoms with Crippen LogP contribution in [0.4, 0.5) is 5.69 Å². The van der Waals surface area contributed by atoms with E-state index < -0.39 is 16.6 Å². The summed E-state index contributed by atoms with van der Waals surface area (Å²) in [6, 6.07) is 3.59. The summed E-state index contributed by atoms with van der Waals surface area (Å²) in [5.74, 6) is -0.778. The average Bonchev–Trinajstić information content (AvgIpc) is 2.35. The molecular formula is C10H6N2O5. The molecule has 0 saturated carbocycles. The second kappa shape index (κ2) is 4.85. The molecule has 0 amide bonds. The number of carbonyl (C=O) groups is 2. The Balaban J connectivity index is 3.57. The zero-order valence-corrected chi connectivity index (χ0v) is 8.67. The van der Waals surface area contributed by atoms with Gasteiger partial charge in [-0.3, -0.25) is 14.9 Å². The van der Waals surface area contributed by atoms with Crippen molar-refractivity contribution in [1.29, 1.82) is 5.26 Å². The Morgan fingerprint density at radius 1 is 1.59 bits per heavy atom. The second-order valence-electron chi connectivity index (χ2n) is 2.94. The number of nitriles is 1. The van der Waals surface area contributed by atoms with Crippen LogP contribution in [0.5, 0.6) is 0 Å². The zero-order valence-electron chi connectivity index (χ0n) is 8.67. The fourth-order valence-electron chi connectivity index (χ4n) is 1.27. The Bertz CT molecular complexity index is 544. The highest BCUT2D eigenvalue weighted by Gasteiger charge is 2.23. The molecule has 0 N–H and O–H groups in total. The second-order valence-corrected chi connectivity index (χ2v) is 2.94. The Hall–Kier alpha value is -2.75. The number of nitrogens with zero attached hydrogens (tertiary/aromatic N) is 2. The lowest BCUT2D eigenvalue weighted by Crippen LogP contribution is -2.06. The quantitative estimate of drug-likeness (QED) is 0.334. The monoisotopic (exact) mass is 234 g/mol. The Morgan fingerprint density at radius 2 is 2.24 bits per heavy atom. The van der Waals surface area contributed by atoms with Gasteiger partial charge >= 0.3 is 5.97 Å². The third kappa shape index (κ3) is 2.26. The lowest BCUT2D eigenvalue weighted by Gasteiger charge is -2.02. The topological polar surface area (TPSA) is 110 Å². The Labute approximate surface area is 95.4 Å². The lowest BCUT2D eigenvalue weighted by atomic mass is 10.0. The van der Waals surface area contributed by atoms with Crippen molar-refractivity contribution in [3.63, 3.8) is 0 Å². The van der Waals surface area contributed by atoms with Gasteiger partial charge < -0.3 is 4.74 Å². The largest absolute Gasteiger partial charge is 0.465 e. The van der Waals surface area contributed by atoms with Crippen LogP contribution in [0.25, 0.3) is 0 Å². The van der Waals surface area contributed by atoms with Crippen molar-refractivity contribution in [2.24, 2.45) is 0 Å². The molecule has 7 heteroatoms. The molecule has 0 spiro atoms. The van der Waals surface area contributed by atoms with E-state index in [9.17, 15) is 19.7 Å². The lowest BCUT2D eigenvalue weighted by molar-refractivity contribution is -0.385. The van der Waals surface area contributed by atoms with Gasteiger partial charge in [0.15, 0.2) is 6.29 Å². The standard InChI is InChI=1S/C10H6N2O5/c1-17-10(14)6-2-7(4-11)9(12(15)16)8(3-6)5-13/h2-3,5H,1H3. The SMILES string of the molecule is COC(=O)c1cc(C#N)c([N+](=O)[O-])c(C=O)c1. The molecule has 0 aliphatic carbocycles. The van der Waals surface area contributed by atoms with Crippen LogP contribution in [-0.4, -0.2) is 24.3 Å². The first-order chi connectivity index (χ1) is 8.04. The number of nitro groups is 1. The van der Waals surface area contributed by atoms with Crippen molar-refractivity contribution in [3.8, 4) is 6.07 Å². The summed E-state index contributed by atoms with van der Waals surface area (Å²) in [6.45, 7) is 0. The van der Waals surface area contributed by atoms with Gasteiger partial charge in [0.05, 0.1) is 23.2 Å². The van der Waals surface area contributed by atoms with Gasteiger partial charge in [-0.15, -0.1) is 0 Å². The molecule has 0 atom stereocenters. The number of rotatable bonds is 3. The molecular weight excluding hydrogens is 228 g/mol. The molecule has 7 nitrogen and oxygen atoms in total. The highest BCUT2D eigenvalue weighted by Crippen LogP contribution is 2.24.